The van der Waals surface area contributed by atoms with Crippen LogP contribution in [0, 0.1) is 6.92 Å². The van der Waals surface area contributed by atoms with Crippen LogP contribution in [0.15, 0.2) is 36.5 Å². The lowest BCUT2D eigenvalue weighted by molar-refractivity contribution is 0.0939. The van der Waals surface area contributed by atoms with E-state index in [-0.39, 0.29) is 11.9 Å². The Morgan fingerprint density at radius 2 is 2.00 bits per heavy atom. The van der Waals surface area contributed by atoms with E-state index in [1.54, 1.807) is 0 Å². The van der Waals surface area contributed by atoms with E-state index in [4.69, 9.17) is 0 Å². The molecule has 1 heterocycles. The standard InChI is InChI=1S/C15H19N3O/c1-4-18-10-9-14(17-18)12(3)16-15(19)13-7-5-11(2)6-8-13/h5-10,12H,4H2,1-3H3,(H,16,19). The molecule has 1 unspecified atom stereocenters. The fourth-order valence-corrected chi connectivity index (χ4v) is 1.84. The molecule has 2 rings (SSSR count). The zero-order chi connectivity index (χ0) is 13.8. The Labute approximate surface area is 113 Å². The number of benzene rings is 1. The highest BCUT2D eigenvalue weighted by molar-refractivity contribution is 5.94. The third-order valence-corrected chi connectivity index (χ3v) is 3.09. The maximum Gasteiger partial charge on any atom is 0.251 e. The second-order valence-electron chi connectivity index (χ2n) is 4.66. The molecule has 0 spiro atoms. The van der Waals surface area contributed by atoms with Gasteiger partial charge in [-0.25, -0.2) is 0 Å². The number of aromatic nitrogens is 2. The van der Waals surface area contributed by atoms with Gasteiger partial charge in [0.15, 0.2) is 0 Å². The average Bonchev–Trinajstić information content (AvgIpc) is 2.88. The monoisotopic (exact) mass is 257 g/mol. The van der Waals surface area contributed by atoms with Crippen LogP contribution in [-0.2, 0) is 6.54 Å². The molecule has 0 aliphatic rings. The Morgan fingerprint density at radius 1 is 1.32 bits per heavy atom. The fourth-order valence-electron chi connectivity index (χ4n) is 1.84. The quantitative estimate of drug-likeness (QED) is 0.915. The van der Waals surface area contributed by atoms with Crippen molar-refractivity contribution in [2.24, 2.45) is 0 Å². The van der Waals surface area contributed by atoms with Crippen LogP contribution in [0.25, 0.3) is 0 Å². The highest BCUT2D eigenvalue weighted by Gasteiger charge is 2.13. The zero-order valence-corrected chi connectivity index (χ0v) is 11.6. The first-order valence-electron chi connectivity index (χ1n) is 6.51. The lowest BCUT2D eigenvalue weighted by Crippen LogP contribution is -2.27. The van der Waals surface area contributed by atoms with E-state index in [0.717, 1.165) is 17.8 Å². The van der Waals surface area contributed by atoms with Gasteiger partial charge < -0.3 is 5.32 Å². The van der Waals surface area contributed by atoms with Crippen molar-refractivity contribution in [3.05, 3.63) is 53.3 Å². The summed E-state index contributed by atoms with van der Waals surface area (Å²) in [6.07, 6.45) is 1.92. The molecule has 1 atom stereocenters. The molecule has 2 aromatic rings. The van der Waals surface area contributed by atoms with Crippen LogP contribution in [0.3, 0.4) is 0 Å². The molecule has 100 valence electrons. The van der Waals surface area contributed by atoms with Gasteiger partial charge in [-0.15, -0.1) is 0 Å². The van der Waals surface area contributed by atoms with E-state index >= 15 is 0 Å². The number of hydrogen-bond donors (Lipinski definition) is 1. The molecule has 0 aliphatic carbocycles. The van der Waals surface area contributed by atoms with Crippen LogP contribution in [0.2, 0.25) is 0 Å². The normalized spacial score (nSPS) is 12.2. The molecular weight excluding hydrogens is 238 g/mol. The largest absolute Gasteiger partial charge is 0.344 e. The third kappa shape index (κ3) is 3.22. The van der Waals surface area contributed by atoms with E-state index in [1.165, 1.54) is 0 Å². The zero-order valence-electron chi connectivity index (χ0n) is 11.6. The number of rotatable bonds is 4. The van der Waals surface area contributed by atoms with Crippen molar-refractivity contribution in [1.82, 2.24) is 15.1 Å². The van der Waals surface area contributed by atoms with Crippen molar-refractivity contribution < 1.29 is 4.79 Å². The van der Waals surface area contributed by atoms with E-state index in [9.17, 15) is 4.79 Å². The van der Waals surface area contributed by atoms with Crippen molar-refractivity contribution in [2.75, 3.05) is 0 Å². The summed E-state index contributed by atoms with van der Waals surface area (Å²) >= 11 is 0. The van der Waals surface area contributed by atoms with Crippen LogP contribution in [-0.4, -0.2) is 15.7 Å². The van der Waals surface area contributed by atoms with Crippen molar-refractivity contribution >= 4 is 5.91 Å². The van der Waals surface area contributed by atoms with E-state index in [2.05, 4.69) is 10.4 Å². The summed E-state index contributed by atoms with van der Waals surface area (Å²) in [6, 6.07) is 9.38. The van der Waals surface area contributed by atoms with Gasteiger partial charge in [-0.05, 0) is 39.0 Å². The highest BCUT2D eigenvalue weighted by Crippen LogP contribution is 2.11. The van der Waals surface area contributed by atoms with E-state index in [1.807, 2.05) is 62.0 Å². The molecule has 1 amide bonds. The van der Waals surface area contributed by atoms with Gasteiger partial charge in [0.1, 0.15) is 0 Å². The summed E-state index contributed by atoms with van der Waals surface area (Å²) in [5, 5.41) is 7.35. The van der Waals surface area contributed by atoms with E-state index in [0.29, 0.717) is 5.56 Å². The number of carbonyl (C=O) groups excluding carboxylic acids is 1. The number of nitrogens with zero attached hydrogens (tertiary/aromatic N) is 2. The molecule has 4 nitrogen and oxygen atoms in total. The molecule has 1 N–H and O–H groups in total. The number of aryl methyl sites for hydroxylation is 2. The van der Waals surface area contributed by atoms with Crippen molar-refractivity contribution in [2.45, 2.75) is 33.4 Å². The molecule has 0 bridgehead atoms. The van der Waals surface area contributed by atoms with Crippen molar-refractivity contribution in [3.63, 3.8) is 0 Å². The Balaban J connectivity index is 2.04. The second kappa shape index (κ2) is 5.69. The SMILES string of the molecule is CCn1ccc(C(C)NC(=O)c2ccc(C)cc2)n1. The maximum atomic E-state index is 12.1. The van der Waals surface area contributed by atoms with Crippen molar-refractivity contribution in [3.8, 4) is 0 Å². The van der Waals surface area contributed by atoms with Crippen LogP contribution in [0.4, 0.5) is 0 Å². The lowest BCUT2D eigenvalue weighted by atomic mass is 10.1. The molecule has 4 heteroatoms. The summed E-state index contributed by atoms with van der Waals surface area (Å²) in [4.78, 5) is 12.1. The van der Waals surface area contributed by atoms with Gasteiger partial charge in [0, 0.05) is 18.3 Å². The maximum absolute atomic E-state index is 12.1. The minimum Gasteiger partial charge on any atom is -0.344 e. The smallest absolute Gasteiger partial charge is 0.251 e. The molecule has 0 saturated carbocycles. The summed E-state index contributed by atoms with van der Waals surface area (Å²) < 4.78 is 1.85. The first-order chi connectivity index (χ1) is 9.10. The Bertz CT molecular complexity index is 557. The minimum absolute atomic E-state index is 0.0708. The van der Waals surface area contributed by atoms with E-state index < -0.39 is 0 Å². The predicted molar refractivity (Wildman–Crippen MR) is 75.0 cm³/mol. The summed E-state index contributed by atoms with van der Waals surface area (Å²) in [5.74, 6) is -0.0708. The third-order valence-electron chi connectivity index (χ3n) is 3.09. The van der Waals surface area contributed by atoms with Crippen LogP contribution in [0.1, 0.15) is 41.5 Å². The Hall–Kier alpha value is -2.10. The molecule has 1 aromatic heterocycles. The average molecular weight is 257 g/mol. The first-order valence-corrected chi connectivity index (χ1v) is 6.51. The molecule has 0 radical (unpaired) electrons. The van der Waals surface area contributed by atoms with Crippen LogP contribution >= 0.6 is 0 Å². The van der Waals surface area contributed by atoms with Gasteiger partial charge in [-0.2, -0.15) is 5.10 Å². The fraction of sp³-hybridized carbons (Fsp3) is 0.333. The Kier molecular flexibility index (Phi) is 4.00. The molecule has 0 fully saturated rings. The first kappa shape index (κ1) is 13.3. The minimum atomic E-state index is -0.0957. The molecule has 0 saturated heterocycles. The number of nitrogens with one attached hydrogen (secondary N) is 1. The number of amides is 1. The molecule has 0 aliphatic heterocycles. The van der Waals surface area contributed by atoms with Gasteiger partial charge >= 0.3 is 0 Å². The Morgan fingerprint density at radius 3 is 2.58 bits per heavy atom. The van der Waals surface area contributed by atoms with Gasteiger partial charge in [0.05, 0.1) is 11.7 Å². The second-order valence-corrected chi connectivity index (χ2v) is 4.66. The van der Waals surface area contributed by atoms with Gasteiger partial charge in [0.2, 0.25) is 0 Å². The number of carbonyl (C=O) groups is 1. The topological polar surface area (TPSA) is 46.9 Å². The molecule has 19 heavy (non-hydrogen) atoms. The molecular formula is C15H19N3O. The van der Waals surface area contributed by atoms with Crippen molar-refractivity contribution in [1.29, 1.82) is 0 Å². The molecule has 1 aromatic carbocycles. The summed E-state index contributed by atoms with van der Waals surface area (Å²) in [6.45, 7) is 6.81. The van der Waals surface area contributed by atoms with Crippen LogP contribution < -0.4 is 5.32 Å². The highest BCUT2D eigenvalue weighted by atomic mass is 16.1. The summed E-state index contributed by atoms with van der Waals surface area (Å²) in [5.41, 5.74) is 2.70. The van der Waals surface area contributed by atoms with Crippen LogP contribution in [0.5, 0.6) is 0 Å². The number of hydrogen-bond acceptors (Lipinski definition) is 2. The summed E-state index contributed by atoms with van der Waals surface area (Å²) in [7, 11) is 0. The van der Waals surface area contributed by atoms with Gasteiger partial charge in [0.25, 0.3) is 5.91 Å². The predicted octanol–water partition coefficient (Wildman–Crippen LogP) is 2.70. The van der Waals surface area contributed by atoms with Gasteiger partial charge in [-0.1, -0.05) is 17.7 Å². The lowest BCUT2D eigenvalue weighted by Gasteiger charge is -2.11. The van der Waals surface area contributed by atoms with Gasteiger partial charge in [-0.3, -0.25) is 9.48 Å².